The number of hydrogen-bond acceptors (Lipinski definition) is 4. The first-order valence-electron chi connectivity index (χ1n) is 10.3. The predicted octanol–water partition coefficient (Wildman–Crippen LogP) is 1.40. The first-order chi connectivity index (χ1) is 13.4. The normalized spacial score (nSPS) is 25.8. The van der Waals surface area contributed by atoms with Crippen LogP contribution in [0, 0.1) is 11.8 Å². The molecule has 0 bridgehead atoms. The molecular weight excluding hydrogens is 376 g/mol. The van der Waals surface area contributed by atoms with Crippen molar-refractivity contribution in [3.05, 3.63) is 18.7 Å². The molecule has 2 saturated heterocycles. The molecule has 0 saturated carbocycles. The molecule has 2 fully saturated rings. The second kappa shape index (κ2) is 9.26. The molecule has 0 aliphatic carbocycles. The van der Waals surface area contributed by atoms with Crippen LogP contribution in [-0.4, -0.2) is 78.7 Å². The third-order valence-electron chi connectivity index (χ3n) is 6.00. The SMILES string of the molecule is CCNC(=NCC1CCN(S(C)(=O)=O)CC1)N1CCC(C)C(n2ccnc2)C1. The molecule has 8 nitrogen and oxygen atoms in total. The number of hydrogen-bond donors (Lipinski definition) is 1. The average molecular weight is 411 g/mol. The summed E-state index contributed by atoms with van der Waals surface area (Å²) >= 11 is 0. The van der Waals surface area contributed by atoms with Gasteiger partial charge in [0.15, 0.2) is 5.96 Å². The van der Waals surface area contributed by atoms with Crippen LogP contribution in [0.4, 0.5) is 0 Å². The van der Waals surface area contributed by atoms with Crippen LogP contribution in [0.15, 0.2) is 23.7 Å². The zero-order chi connectivity index (χ0) is 20.1. The van der Waals surface area contributed by atoms with Gasteiger partial charge in [0.05, 0.1) is 18.6 Å². The Kier molecular flexibility index (Phi) is 6.98. The lowest BCUT2D eigenvalue weighted by atomic mass is 9.93. The van der Waals surface area contributed by atoms with E-state index in [0.717, 1.165) is 51.4 Å². The van der Waals surface area contributed by atoms with Crippen LogP contribution in [-0.2, 0) is 10.0 Å². The van der Waals surface area contributed by atoms with E-state index in [1.165, 1.54) is 6.26 Å². The zero-order valence-corrected chi connectivity index (χ0v) is 18.1. The molecule has 28 heavy (non-hydrogen) atoms. The van der Waals surface area contributed by atoms with Gasteiger partial charge < -0.3 is 14.8 Å². The number of likely N-dealkylation sites (tertiary alicyclic amines) is 1. The fourth-order valence-corrected chi connectivity index (χ4v) is 5.03. The highest BCUT2D eigenvalue weighted by atomic mass is 32.2. The Morgan fingerprint density at radius 2 is 2.00 bits per heavy atom. The maximum atomic E-state index is 11.7. The van der Waals surface area contributed by atoms with Gasteiger partial charge >= 0.3 is 0 Å². The fraction of sp³-hybridized carbons (Fsp3) is 0.789. The van der Waals surface area contributed by atoms with Crippen molar-refractivity contribution in [3.8, 4) is 0 Å². The van der Waals surface area contributed by atoms with Gasteiger partial charge in [0, 0.05) is 51.7 Å². The molecule has 2 unspecified atom stereocenters. The zero-order valence-electron chi connectivity index (χ0n) is 17.3. The van der Waals surface area contributed by atoms with Crippen molar-refractivity contribution in [2.24, 2.45) is 16.8 Å². The van der Waals surface area contributed by atoms with Crippen LogP contribution >= 0.6 is 0 Å². The molecular formula is C19H34N6O2S. The van der Waals surface area contributed by atoms with Crippen molar-refractivity contribution >= 4 is 16.0 Å². The van der Waals surface area contributed by atoms with E-state index in [2.05, 4.69) is 33.6 Å². The van der Waals surface area contributed by atoms with Gasteiger partial charge in [-0.25, -0.2) is 17.7 Å². The van der Waals surface area contributed by atoms with Gasteiger partial charge in [-0.1, -0.05) is 6.92 Å². The molecule has 2 atom stereocenters. The molecule has 9 heteroatoms. The van der Waals surface area contributed by atoms with Crippen molar-refractivity contribution in [2.75, 3.05) is 45.5 Å². The van der Waals surface area contributed by atoms with Crippen LogP contribution in [0.25, 0.3) is 0 Å². The summed E-state index contributed by atoms with van der Waals surface area (Å²) in [5.41, 5.74) is 0. The number of imidazole rings is 1. The summed E-state index contributed by atoms with van der Waals surface area (Å²) in [4.78, 5) is 11.5. The molecule has 1 N–H and O–H groups in total. The van der Waals surface area contributed by atoms with E-state index in [1.807, 2.05) is 18.7 Å². The summed E-state index contributed by atoms with van der Waals surface area (Å²) in [5.74, 6) is 2.03. The summed E-state index contributed by atoms with van der Waals surface area (Å²) < 4.78 is 27.2. The van der Waals surface area contributed by atoms with Crippen LogP contribution in [0.3, 0.4) is 0 Å². The Bertz CT molecular complexity index is 740. The van der Waals surface area contributed by atoms with E-state index in [0.29, 0.717) is 31.0 Å². The molecule has 0 aromatic carbocycles. The molecule has 0 spiro atoms. The molecule has 1 aromatic heterocycles. The molecule has 2 aliphatic heterocycles. The highest BCUT2D eigenvalue weighted by Gasteiger charge is 2.29. The van der Waals surface area contributed by atoms with Crippen molar-refractivity contribution < 1.29 is 8.42 Å². The second-order valence-corrected chi connectivity index (χ2v) is 10.1. The van der Waals surface area contributed by atoms with Crippen molar-refractivity contribution in [2.45, 2.75) is 39.2 Å². The van der Waals surface area contributed by atoms with E-state index in [4.69, 9.17) is 4.99 Å². The molecule has 0 radical (unpaired) electrons. The highest BCUT2D eigenvalue weighted by Crippen LogP contribution is 2.27. The lowest BCUT2D eigenvalue weighted by Gasteiger charge is -2.39. The topological polar surface area (TPSA) is 82.8 Å². The average Bonchev–Trinajstić information content (AvgIpc) is 3.20. The fourth-order valence-electron chi connectivity index (χ4n) is 4.16. The van der Waals surface area contributed by atoms with E-state index in [-0.39, 0.29) is 0 Å². The Morgan fingerprint density at radius 1 is 1.25 bits per heavy atom. The van der Waals surface area contributed by atoms with Crippen LogP contribution < -0.4 is 5.32 Å². The monoisotopic (exact) mass is 410 g/mol. The minimum Gasteiger partial charge on any atom is -0.357 e. The minimum absolute atomic E-state index is 0.401. The number of rotatable bonds is 5. The number of aromatic nitrogens is 2. The number of nitrogens with zero attached hydrogens (tertiary/aromatic N) is 5. The van der Waals surface area contributed by atoms with Crippen molar-refractivity contribution in [3.63, 3.8) is 0 Å². The van der Waals surface area contributed by atoms with Crippen molar-refractivity contribution in [1.82, 2.24) is 24.1 Å². The van der Waals surface area contributed by atoms with Gasteiger partial charge in [-0.15, -0.1) is 0 Å². The number of piperidine rings is 2. The van der Waals surface area contributed by atoms with Gasteiger partial charge in [-0.3, -0.25) is 4.99 Å². The molecule has 3 rings (SSSR count). The first-order valence-corrected chi connectivity index (χ1v) is 12.2. The molecule has 158 valence electrons. The quantitative estimate of drug-likeness (QED) is 0.586. The van der Waals surface area contributed by atoms with Gasteiger partial charge in [0.2, 0.25) is 10.0 Å². The van der Waals surface area contributed by atoms with E-state index in [1.54, 1.807) is 4.31 Å². The van der Waals surface area contributed by atoms with Gasteiger partial charge in [-0.05, 0) is 38.0 Å². The molecule has 2 aliphatic rings. The maximum absolute atomic E-state index is 11.7. The third kappa shape index (κ3) is 5.26. The number of aliphatic imine (C=N–C) groups is 1. The Morgan fingerprint density at radius 3 is 2.61 bits per heavy atom. The maximum Gasteiger partial charge on any atom is 0.211 e. The largest absolute Gasteiger partial charge is 0.357 e. The number of nitrogens with one attached hydrogen (secondary N) is 1. The summed E-state index contributed by atoms with van der Waals surface area (Å²) in [6, 6.07) is 0.401. The molecule has 3 heterocycles. The Labute approximate surface area is 169 Å². The summed E-state index contributed by atoms with van der Waals surface area (Å²) in [5, 5.41) is 3.45. The lowest BCUT2D eigenvalue weighted by Crippen LogP contribution is -2.49. The van der Waals surface area contributed by atoms with Crippen LogP contribution in [0.5, 0.6) is 0 Å². The standard InChI is InChI=1S/C19H34N6O2S/c1-4-21-19(22-13-17-6-10-25(11-7-17)28(3,26)27)23-9-5-16(2)18(14-23)24-12-8-20-15-24/h8,12,15-18H,4-7,9-11,13-14H2,1-3H3,(H,21,22). The third-order valence-corrected chi connectivity index (χ3v) is 7.31. The highest BCUT2D eigenvalue weighted by molar-refractivity contribution is 7.88. The van der Waals surface area contributed by atoms with Gasteiger partial charge in [0.1, 0.15) is 0 Å². The smallest absolute Gasteiger partial charge is 0.211 e. The summed E-state index contributed by atoms with van der Waals surface area (Å²) in [6.45, 7) is 9.15. The van der Waals surface area contributed by atoms with E-state index >= 15 is 0 Å². The molecule has 0 amide bonds. The Hall–Kier alpha value is -1.61. The number of sulfonamides is 1. The van der Waals surface area contributed by atoms with Gasteiger partial charge in [-0.2, -0.15) is 0 Å². The molecule has 1 aromatic rings. The predicted molar refractivity (Wildman–Crippen MR) is 112 cm³/mol. The van der Waals surface area contributed by atoms with Crippen LogP contribution in [0.2, 0.25) is 0 Å². The van der Waals surface area contributed by atoms with E-state index in [9.17, 15) is 8.42 Å². The second-order valence-electron chi connectivity index (χ2n) is 8.09. The lowest BCUT2D eigenvalue weighted by molar-refractivity contribution is 0.188. The minimum atomic E-state index is -3.07. The van der Waals surface area contributed by atoms with Crippen LogP contribution in [0.1, 0.15) is 39.2 Å². The Balaban J connectivity index is 1.61. The first kappa shape index (κ1) is 21.1. The van der Waals surface area contributed by atoms with Gasteiger partial charge in [0.25, 0.3) is 0 Å². The number of guanidine groups is 1. The van der Waals surface area contributed by atoms with Crippen molar-refractivity contribution in [1.29, 1.82) is 0 Å². The summed E-state index contributed by atoms with van der Waals surface area (Å²) in [6.07, 6.45) is 9.97. The van der Waals surface area contributed by atoms with E-state index < -0.39 is 10.0 Å². The summed E-state index contributed by atoms with van der Waals surface area (Å²) in [7, 11) is -3.07.